The molecule has 132 valence electrons. The number of hydrogen-bond acceptors (Lipinski definition) is 4. The highest BCUT2D eigenvalue weighted by Gasteiger charge is 2.10. The smallest absolute Gasteiger partial charge is 0.251 e. The maximum atomic E-state index is 11.9. The van der Waals surface area contributed by atoms with Crippen molar-refractivity contribution in [2.75, 3.05) is 6.54 Å². The largest absolute Gasteiger partial charge is 0.350 e. The van der Waals surface area contributed by atoms with Crippen LogP contribution in [-0.2, 0) is 21.4 Å². The summed E-state index contributed by atoms with van der Waals surface area (Å²) in [6, 6.07) is 12.3. The van der Waals surface area contributed by atoms with Gasteiger partial charge in [0, 0.05) is 17.1 Å². The fourth-order valence-electron chi connectivity index (χ4n) is 1.99. The molecule has 25 heavy (non-hydrogen) atoms. The molecule has 0 aromatic heterocycles. The Morgan fingerprint density at radius 3 is 2.44 bits per heavy atom. The van der Waals surface area contributed by atoms with Crippen molar-refractivity contribution in [1.29, 1.82) is 0 Å². The van der Waals surface area contributed by atoms with Gasteiger partial charge in [0.15, 0.2) is 0 Å². The minimum atomic E-state index is -3.80. The second kappa shape index (κ2) is 8.11. The molecule has 2 rings (SSSR count). The highest BCUT2D eigenvalue weighted by molar-refractivity contribution is 7.89. The van der Waals surface area contributed by atoms with Crippen LogP contribution < -0.4 is 15.8 Å². The Labute approximate surface area is 150 Å². The molecule has 7 nitrogen and oxygen atoms in total. The molecule has 0 radical (unpaired) electrons. The average Bonchev–Trinajstić information content (AvgIpc) is 2.57. The Kier molecular flexibility index (Phi) is 6.13. The van der Waals surface area contributed by atoms with Gasteiger partial charge in [-0.15, -0.1) is 0 Å². The van der Waals surface area contributed by atoms with Gasteiger partial charge >= 0.3 is 0 Å². The van der Waals surface area contributed by atoms with Crippen molar-refractivity contribution in [3.63, 3.8) is 0 Å². The van der Waals surface area contributed by atoms with Crippen molar-refractivity contribution in [3.8, 4) is 0 Å². The zero-order valence-electron chi connectivity index (χ0n) is 13.0. The number of nitrogens with one attached hydrogen (secondary N) is 2. The van der Waals surface area contributed by atoms with Crippen LogP contribution in [0, 0.1) is 0 Å². The molecule has 0 atom stereocenters. The number of amides is 2. The van der Waals surface area contributed by atoms with Crippen molar-refractivity contribution in [2.24, 2.45) is 5.14 Å². The highest BCUT2D eigenvalue weighted by atomic mass is 35.5. The summed E-state index contributed by atoms with van der Waals surface area (Å²) in [5, 5.41) is 10.5. The zero-order valence-corrected chi connectivity index (χ0v) is 14.6. The number of sulfonamides is 1. The molecule has 2 aromatic carbocycles. The van der Waals surface area contributed by atoms with E-state index in [1.165, 1.54) is 24.3 Å². The zero-order chi connectivity index (χ0) is 18.4. The van der Waals surface area contributed by atoms with Crippen LogP contribution in [-0.4, -0.2) is 26.8 Å². The minimum absolute atomic E-state index is 0.0338. The first kappa shape index (κ1) is 18.9. The predicted octanol–water partition coefficient (Wildman–Crippen LogP) is 1.03. The van der Waals surface area contributed by atoms with Gasteiger partial charge in [0.1, 0.15) is 0 Å². The van der Waals surface area contributed by atoms with Crippen LogP contribution in [0.3, 0.4) is 0 Å². The van der Waals surface area contributed by atoms with Crippen LogP contribution in [0.5, 0.6) is 0 Å². The molecule has 0 bridgehead atoms. The van der Waals surface area contributed by atoms with Gasteiger partial charge in [-0.05, 0) is 35.9 Å². The lowest BCUT2D eigenvalue weighted by Crippen LogP contribution is -2.36. The summed E-state index contributed by atoms with van der Waals surface area (Å²) in [7, 11) is -3.80. The van der Waals surface area contributed by atoms with E-state index in [9.17, 15) is 18.0 Å². The third-order valence-electron chi connectivity index (χ3n) is 3.21. The predicted molar refractivity (Wildman–Crippen MR) is 93.4 cm³/mol. The van der Waals surface area contributed by atoms with Crippen molar-refractivity contribution < 1.29 is 18.0 Å². The summed E-state index contributed by atoms with van der Waals surface area (Å²) in [5.41, 5.74) is 0.919. The Balaban J connectivity index is 1.86. The maximum absolute atomic E-state index is 11.9. The molecule has 0 fully saturated rings. The molecule has 2 aromatic rings. The maximum Gasteiger partial charge on any atom is 0.251 e. The molecule has 0 aliphatic carbocycles. The number of primary sulfonamides is 1. The van der Waals surface area contributed by atoms with E-state index in [0.717, 1.165) is 0 Å². The van der Waals surface area contributed by atoms with Crippen LogP contribution in [0.2, 0.25) is 5.02 Å². The van der Waals surface area contributed by atoms with Gasteiger partial charge in [-0.1, -0.05) is 29.8 Å². The SMILES string of the molecule is NS(=O)(=O)c1cccc(CNC(=O)CNC(=O)c2cccc(Cl)c2)c1. The van der Waals surface area contributed by atoms with E-state index in [1.807, 2.05) is 0 Å². The number of benzene rings is 2. The summed E-state index contributed by atoms with van der Waals surface area (Å²) in [5.74, 6) is -0.842. The van der Waals surface area contributed by atoms with Gasteiger partial charge in [-0.3, -0.25) is 9.59 Å². The number of halogens is 1. The van der Waals surface area contributed by atoms with Crippen LogP contribution in [0.4, 0.5) is 0 Å². The summed E-state index contributed by atoms with van der Waals surface area (Å²) in [6.45, 7) is -0.116. The number of carbonyl (C=O) groups excluding carboxylic acids is 2. The van der Waals surface area contributed by atoms with Crippen molar-refractivity contribution in [1.82, 2.24) is 10.6 Å². The Bertz CT molecular complexity index is 900. The second-order valence-electron chi connectivity index (χ2n) is 5.16. The Morgan fingerprint density at radius 2 is 1.76 bits per heavy atom. The molecular weight excluding hydrogens is 366 g/mol. The van der Waals surface area contributed by atoms with Gasteiger partial charge < -0.3 is 10.6 Å². The second-order valence-corrected chi connectivity index (χ2v) is 7.16. The Hall–Kier alpha value is -2.42. The summed E-state index contributed by atoms with van der Waals surface area (Å²) >= 11 is 5.80. The molecule has 0 saturated carbocycles. The molecule has 4 N–H and O–H groups in total. The van der Waals surface area contributed by atoms with E-state index in [1.54, 1.807) is 24.3 Å². The van der Waals surface area contributed by atoms with Gasteiger partial charge in [0.05, 0.1) is 11.4 Å². The molecule has 0 unspecified atom stereocenters. The monoisotopic (exact) mass is 381 g/mol. The lowest BCUT2D eigenvalue weighted by molar-refractivity contribution is -0.120. The van der Waals surface area contributed by atoms with Crippen LogP contribution in [0.25, 0.3) is 0 Å². The first-order chi connectivity index (χ1) is 11.8. The minimum Gasteiger partial charge on any atom is -0.350 e. The lowest BCUT2D eigenvalue weighted by Gasteiger charge is -2.08. The van der Waals surface area contributed by atoms with Crippen molar-refractivity contribution in [3.05, 3.63) is 64.7 Å². The first-order valence-electron chi connectivity index (χ1n) is 7.18. The summed E-state index contributed by atoms with van der Waals surface area (Å²) in [6.07, 6.45) is 0. The number of rotatable bonds is 6. The third kappa shape index (κ3) is 5.86. The lowest BCUT2D eigenvalue weighted by atomic mass is 10.2. The van der Waals surface area contributed by atoms with Crippen molar-refractivity contribution in [2.45, 2.75) is 11.4 Å². The fourth-order valence-corrected chi connectivity index (χ4v) is 2.76. The van der Waals surface area contributed by atoms with E-state index in [0.29, 0.717) is 16.1 Å². The normalized spacial score (nSPS) is 11.0. The molecule has 0 aliphatic rings. The van der Waals surface area contributed by atoms with Gasteiger partial charge in [0.25, 0.3) is 5.91 Å². The highest BCUT2D eigenvalue weighted by Crippen LogP contribution is 2.10. The van der Waals surface area contributed by atoms with Crippen LogP contribution >= 0.6 is 11.6 Å². The van der Waals surface area contributed by atoms with Crippen molar-refractivity contribution >= 4 is 33.4 Å². The first-order valence-corrected chi connectivity index (χ1v) is 9.10. The molecule has 2 amide bonds. The quantitative estimate of drug-likeness (QED) is 0.692. The Morgan fingerprint density at radius 1 is 1.04 bits per heavy atom. The number of hydrogen-bond donors (Lipinski definition) is 3. The van der Waals surface area contributed by atoms with Gasteiger partial charge in [-0.2, -0.15) is 0 Å². The topological polar surface area (TPSA) is 118 Å². The van der Waals surface area contributed by atoms with E-state index in [-0.39, 0.29) is 18.0 Å². The van der Waals surface area contributed by atoms with Crippen LogP contribution in [0.1, 0.15) is 15.9 Å². The third-order valence-corrected chi connectivity index (χ3v) is 4.36. The molecule has 9 heteroatoms. The fraction of sp³-hybridized carbons (Fsp3) is 0.125. The van der Waals surface area contributed by atoms with E-state index >= 15 is 0 Å². The standard InChI is InChI=1S/C16H16ClN3O4S/c17-13-5-2-4-12(8-13)16(22)20-10-15(21)19-9-11-3-1-6-14(7-11)25(18,23)24/h1-8H,9-10H2,(H,19,21)(H,20,22)(H2,18,23,24). The molecule has 0 saturated heterocycles. The molecule has 0 spiro atoms. The molecular formula is C16H16ClN3O4S. The van der Waals surface area contributed by atoms with Crippen LogP contribution in [0.15, 0.2) is 53.4 Å². The van der Waals surface area contributed by atoms with Gasteiger partial charge in [0.2, 0.25) is 15.9 Å². The number of nitrogens with two attached hydrogens (primary N) is 1. The molecule has 0 aliphatic heterocycles. The molecule has 0 heterocycles. The summed E-state index contributed by atoms with van der Waals surface area (Å²) in [4.78, 5) is 23.7. The average molecular weight is 382 g/mol. The number of carbonyl (C=O) groups is 2. The van der Waals surface area contributed by atoms with E-state index in [4.69, 9.17) is 16.7 Å². The van der Waals surface area contributed by atoms with Gasteiger partial charge in [-0.25, -0.2) is 13.6 Å². The summed E-state index contributed by atoms with van der Waals surface area (Å²) < 4.78 is 22.6. The van der Waals surface area contributed by atoms with E-state index < -0.39 is 21.8 Å². The van der Waals surface area contributed by atoms with E-state index in [2.05, 4.69) is 10.6 Å².